The van der Waals surface area contributed by atoms with Crippen molar-refractivity contribution in [3.8, 4) is 0 Å². The summed E-state index contributed by atoms with van der Waals surface area (Å²) >= 11 is 1.58. The van der Waals surface area contributed by atoms with Crippen molar-refractivity contribution in [2.24, 2.45) is 5.10 Å². The van der Waals surface area contributed by atoms with E-state index in [0.717, 1.165) is 29.0 Å². The average Bonchev–Trinajstić information content (AvgIpc) is 3.06. The number of hydrogen-bond acceptors (Lipinski definition) is 4. The van der Waals surface area contributed by atoms with E-state index in [1.165, 1.54) is 16.9 Å². The molecular weight excluding hydrogens is 282 g/mol. The Labute approximate surface area is 127 Å². The molecule has 1 amide bonds. The third kappa shape index (κ3) is 2.97. The molecule has 1 aliphatic rings. The second kappa shape index (κ2) is 5.69. The zero-order valence-corrected chi connectivity index (χ0v) is 12.7. The van der Waals surface area contributed by atoms with Crippen LogP contribution in [0, 0.1) is 0 Å². The van der Waals surface area contributed by atoms with Gasteiger partial charge in [0.2, 0.25) is 0 Å². The third-order valence-electron chi connectivity index (χ3n) is 3.62. The highest BCUT2D eigenvalue weighted by molar-refractivity contribution is 7.14. The first-order chi connectivity index (χ1) is 10.1. The molecule has 0 saturated carbocycles. The summed E-state index contributed by atoms with van der Waals surface area (Å²) in [6, 6.07) is 9.41. The number of amides is 1. The maximum atomic E-state index is 12.1. The van der Waals surface area contributed by atoms with Crippen LogP contribution >= 0.6 is 11.3 Å². The standard InChI is InChI=1S/C16H17N3OS/c1-10(11-5-7-13(17)8-6-11)18-19-16(20)15-9-12-3-2-4-14(12)21-15/h5-9H,2-4,17H2,1H3,(H,19,20)/b18-10-. The molecule has 0 radical (unpaired) electrons. The Morgan fingerprint density at radius 2 is 2.05 bits per heavy atom. The zero-order chi connectivity index (χ0) is 14.8. The van der Waals surface area contributed by atoms with Gasteiger partial charge in [0.15, 0.2) is 0 Å². The van der Waals surface area contributed by atoms with Gasteiger partial charge < -0.3 is 5.73 Å². The highest BCUT2D eigenvalue weighted by Gasteiger charge is 2.18. The molecular formula is C16H17N3OS. The van der Waals surface area contributed by atoms with Gasteiger partial charge >= 0.3 is 0 Å². The van der Waals surface area contributed by atoms with Gasteiger partial charge in [0.1, 0.15) is 0 Å². The number of nitrogens with zero attached hydrogens (tertiary/aromatic N) is 1. The van der Waals surface area contributed by atoms with E-state index in [-0.39, 0.29) is 5.91 Å². The number of carbonyl (C=O) groups is 1. The van der Waals surface area contributed by atoms with E-state index >= 15 is 0 Å². The molecule has 1 aromatic heterocycles. The van der Waals surface area contributed by atoms with Crippen LogP contribution in [0.15, 0.2) is 35.4 Å². The Morgan fingerprint density at radius 1 is 1.29 bits per heavy atom. The first-order valence-corrected chi connectivity index (χ1v) is 7.77. The summed E-state index contributed by atoms with van der Waals surface area (Å²) in [5, 5.41) is 4.17. The number of fused-ring (bicyclic) bond motifs is 1. The Balaban J connectivity index is 1.69. The minimum absolute atomic E-state index is 0.135. The predicted molar refractivity (Wildman–Crippen MR) is 86.9 cm³/mol. The second-order valence-corrected chi connectivity index (χ2v) is 6.31. The molecule has 1 aromatic carbocycles. The first-order valence-electron chi connectivity index (χ1n) is 6.95. The van der Waals surface area contributed by atoms with Crippen LogP contribution in [0.5, 0.6) is 0 Å². The van der Waals surface area contributed by atoms with E-state index in [1.807, 2.05) is 37.3 Å². The van der Waals surface area contributed by atoms with Crippen molar-refractivity contribution in [3.63, 3.8) is 0 Å². The Morgan fingerprint density at radius 3 is 2.76 bits per heavy atom. The summed E-state index contributed by atoms with van der Waals surface area (Å²) in [4.78, 5) is 14.2. The van der Waals surface area contributed by atoms with Gasteiger partial charge in [-0.15, -0.1) is 11.3 Å². The van der Waals surface area contributed by atoms with E-state index in [1.54, 1.807) is 11.3 Å². The van der Waals surface area contributed by atoms with Gasteiger partial charge in [-0.2, -0.15) is 5.10 Å². The Kier molecular flexibility index (Phi) is 3.75. The van der Waals surface area contributed by atoms with Gasteiger partial charge in [0.05, 0.1) is 10.6 Å². The molecule has 0 bridgehead atoms. The fourth-order valence-corrected chi connectivity index (χ4v) is 3.56. The van der Waals surface area contributed by atoms with Crippen LogP contribution < -0.4 is 11.2 Å². The molecule has 0 spiro atoms. The summed E-state index contributed by atoms with van der Waals surface area (Å²) in [5.74, 6) is -0.135. The first kappa shape index (κ1) is 13.8. The molecule has 1 aliphatic carbocycles. The van der Waals surface area contributed by atoms with Crippen molar-refractivity contribution < 1.29 is 4.79 Å². The van der Waals surface area contributed by atoms with E-state index < -0.39 is 0 Å². The molecule has 0 fully saturated rings. The molecule has 3 rings (SSSR count). The smallest absolute Gasteiger partial charge is 0.281 e. The number of benzene rings is 1. The number of nitrogens with two attached hydrogens (primary N) is 1. The number of carbonyl (C=O) groups excluding carboxylic acids is 1. The monoisotopic (exact) mass is 299 g/mol. The third-order valence-corrected chi connectivity index (χ3v) is 4.86. The average molecular weight is 299 g/mol. The number of thiophene rings is 1. The van der Waals surface area contributed by atoms with E-state index in [0.29, 0.717) is 5.69 Å². The number of rotatable bonds is 3. The molecule has 0 atom stereocenters. The maximum Gasteiger partial charge on any atom is 0.281 e. The molecule has 0 aliphatic heterocycles. The summed E-state index contributed by atoms with van der Waals surface area (Å²) < 4.78 is 0. The fraction of sp³-hybridized carbons (Fsp3) is 0.250. The lowest BCUT2D eigenvalue weighted by Crippen LogP contribution is -2.18. The molecule has 4 nitrogen and oxygen atoms in total. The summed E-state index contributed by atoms with van der Waals surface area (Å²) in [6.45, 7) is 1.86. The molecule has 1 heterocycles. The molecule has 108 valence electrons. The van der Waals surface area contributed by atoms with Gasteiger partial charge in [0.25, 0.3) is 5.91 Å². The number of nitrogens with one attached hydrogen (secondary N) is 1. The highest BCUT2D eigenvalue weighted by atomic mass is 32.1. The number of nitrogen functional groups attached to an aromatic ring is 1. The molecule has 21 heavy (non-hydrogen) atoms. The minimum Gasteiger partial charge on any atom is -0.399 e. The van der Waals surface area contributed by atoms with Gasteiger partial charge in [0, 0.05) is 10.6 Å². The lowest BCUT2D eigenvalue weighted by atomic mass is 10.1. The van der Waals surface area contributed by atoms with E-state index in [2.05, 4.69) is 10.5 Å². The van der Waals surface area contributed by atoms with Crippen molar-refractivity contribution in [3.05, 3.63) is 51.2 Å². The molecule has 5 heteroatoms. The van der Waals surface area contributed by atoms with Crippen molar-refractivity contribution in [1.29, 1.82) is 0 Å². The lowest BCUT2D eigenvalue weighted by molar-refractivity contribution is 0.0959. The van der Waals surface area contributed by atoms with Crippen LogP contribution in [0.4, 0.5) is 5.69 Å². The predicted octanol–water partition coefficient (Wildman–Crippen LogP) is 2.97. The van der Waals surface area contributed by atoms with Crippen LogP contribution in [-0.2, 0) is 12.8 Å². The highest BCUT2D eigenvalue weighted by Crippen LogP contribution is 2.30. The maximum absolute atomic E-state index is 12.1. The molecule has 0 saturated heterocycles. The van der Waals surface area contributed by atoms with Crippen LogP contribution in [0.3, 0.4) is 0 Å². The van der Waals surface area contributed by atoms with Crippen molar-refractivity contribution in [2.75, 3.05) is 5.73 Å². The lowest BCUT2D eigenvalue weighted by Gasteiger charge is -2.02. The summed E-state index contributed by atoms with van der Waals surface area (Å²) in [6.07, 6.45) is 3.39. The molecule has 2 aromatic rings. The van der Waals surface area contributed by atoms with Crippen molar-refractivity contribution >= 4 is 28.6 Å². The minimum atomic E-state index is -0.135. The van der Waals surface area contributed by atoms with Crippen LogP contribution in [-0.4, -0.2) is 11.6 Å². The van der Waals surface area contributed by atoms with Crippen molar-refractivity contribution in [1.82, 2.24) is 5.43 Å². The van der Waals surface area contributed by atoms with Gasteiger partial charge in [-0.25, -0.2) is 5.43 Å². The van der Waals surface area contributed by atoms with E-state index in [4.69, 9.17) is 5.73 Å². The largest absolute Gasteiger partial charge is 0.399 e. The Bertz CT molecular complexity index is 679. The topological polar surface area (TPSA) is 67.5 Å². The summed E-state index contributed by atoms with van der Waals surface area (Å²) in [7, 11) is 0. The number of hydrazone groups is 1. The number of hydrogen-bond donors (Lipinski definition) is 2. The molecule has 0 unspecified atom stereocenters. The summed E-state index contributed by atoms with van der Waals surface area (Å²) in [5.41, 5.74) is 12.0. The number of anilines is 1. The van der Waals surface area contributed by atoms with Crippen LogP contribution in [0.25, 0.3) is 0 Å². The second-order valence-electron chi connectivity index (χ2n) is 5.17. The van der Waals surface area contributed by atoms with Gasteiger partial charge in [-0.1, -0.05) is 12.1 Å². The van der Waals surface area contributed by atoms with Gasteiger partial charge in [-0.05, 0) is 55.5 Å². The fourth-order valence-electron chi connectivity index (χ4n) is 2.42. The van der Waals surface area contributed by atoms with Crippen molar-refractivity contribution in [2.45, 2.75) is 26.2 Å². The quantitative estimate of drug-likeness (QED) is 0.520. The zero-order valence-electron chi connectivity index (χ0n) is 11.8. The van der Waals surface area contributed by atoms with E-state index in [9.17, 15) is 4.79 Å². The van der Waals surface area contributed by atoms with Crippen LogP contribution in [0.1, 0.15) is 39.0 Å². The van der Waals surface area contributed by atoms with Gasteiger partial charge in [-0.3, -0.25) is 4.79 Å². The van der Waals surface area contributed by atoms with Crippen LogP contribution in [0.2, 0.25) is 0 Å². The SMILES string of the molecule is C/C(=N/NC(=O)c1cc2c(s1)CCC2)c1ccc(N)cc1. The normalized spacial score (nSPS) is 14.0. The number of aryl methyl sites for hydroxylation is 2. The Hall–Kier alpha value is -2.14. The molecule has 3 N–H and O–H groups in total.